The van der Waals surface area contributed by atoms with Crippen molar-refractivity contribution in [2.75, 3.05) is 0 Å². The van der Waals surface area contributed by atoms with Gasteiger partial charge >= 0.3 is 0 Å². The zero-order valence-corrected chi connectivity index (χ0v) is 19.6. The lowest BCUT2D eigenvalue weighted by Gasteiger charge is -2.11. The van der Waals surface area contributed by atoms with Gasteiger partial charge < -0.3 is 9.84 Å². The average Bonchev–Trinajstić information content (AvgIpc) is 3.53. The fourth-order valence-electron chi connectivity index (χ4n) is 3.19. The van der Waals surface area contributed by atoms with E-state index in [0.717, 1.165) is 40.3 Å². The SMILES string of the molecule is Cc1noc(C)c1CSc1ccccc1C(=O)NCc1ccc(S(=O)(=O)NC2CC2)cc1. The monoisotopic (exact) mass is 471 g/mol. The highest BCUT2D eigenvalue weighted by Crippen LogP contribution is 2.29. The first-order chi connectivity index (χ1) is 15.3. The number of sulfonamides is 1. The number of aromatic nitrogens is 1. The third kappa shape index (κ3) is 5.40. The van der Waals surface area contributed by atoms with Crippen molar-refractivity contribution in [2.45, 2.75) is 54.8 Å². The van der Waals surface area contributed by atoms with E-state index in [4.69, 9.17) is 4.52 Å². The predicted molar refractivity (Wildman–Crippen MR) is 123 cm³/mol. The number of rotatable bonds is 9. The fourth-order valence-corrected chi connectivity index (χ4v) is 5.70. The summed E-state index contributed by atoms with van der Waals surface area (Å²) in [4.78, 5) is 13.9. The van der Waals surface area contributed by atoms with Gasteiger partial charge in [-0.25, -0.2) is 13.1 Å². The summed E-state index contributed by atoms with van der Waals surface area (Å²) in [6, 6.07) is 14.1. The van der Waals surface area contributed by atoms with Crippen LogP contribution in [0.5, 0.6) is 0 Å². The van der Waals surface area contributed by atoms with Crippen LogP contribution in [0.15, 0.2) is 62.8 Å². The molecule has 1 aliphatic rings. The van der Waals surface area contributed by atoms with Gasteiger partial charge in [0.25, 0.3) is 5.91 Å². The summed E-state index contributed by atoms with van der Waals surface area (Å²) in [5.41, 5.74) is 3.31. The standard InChI is InChI=1S/C23H25N3O4S2/c1-15-21(16(2)30-25-15)14-31-22-6-4-3-5-20(22)23(27)24-13-17-7-11-19(12-8-17)32(28,29)26-18-9-10-18/h3-8,11-12,18,26H,9-10,13-14H2,1-2H3,(H,24,27). The summed E-state index contributed by atoms with van der Waals surface area (Å²) in [7, 11) is -3.48. The molecule has 1 aromatic heterocycles. The van der Waals surface area contributed by atoms with Crippen molar-refractivity contribution < 1.29 is 17.7 Å². The smallest absolute Gasteiger partial charge is 0.252 e. The Morgan fingerprint density at radius 2 is 1.84 bits per heavy atom. The number of benzene rings is 2. The minimum Gasteiger partial charge on any atom is -0.361 e. The molecule has 9 heteroatoms. The number of carbonyl (C=O) groups excluding carboxylic acids is 1. The molecule has 3 aromatic rings. The lowest BCUT2D eigenvalue weighted by molar-refractivity contribution is 0.0948. The van der Waals surface area contributed by atoms with Crippen molar-refractivity contribution >= 4 is 27.7 Å². The summed E-state index contributed by atoms with van der Waals surface area (Å²) in [5.74, 6) is 1.27. The molecule has 32 heavy (non-hydrogen) atoms. The lowest BCUT2D eigenvalue weighted by Crippen LogP contribution is -2.26. The Morgan fingerprint density at radius 1 is 1.12 bits per heavy atom. The lowest BCUT2D eigenvalue weighted by atomic mass is 10.2. The minimum absolute atomic E-state index is 0.0644. The Labute approximate surface area is 192 Å². The second-order valence-electron chi connectivity index (χ2n) is 7.81. The molecule has 1 amide bonds. The molecule has 4 rings (SSSR count). The topological polar surface area (TPSA) is 101 Å². The highest BCUT2D eigenvalue weighted by atomic mass is 32.2. The molecule has 168 valence electrons. The van der Waals surface area contributed by atoms with Gasteiger partial charge in [0.2, 0.25) is 10.0 Å². The van der Waals surface area contributed by atoms with Gasteiger partial charge in [-0.05, 0) is 56.5 Å². The van der Waals surface area contributed by atoms with Crippen LogP contribution < -0.4 is 10.0 Å². The molecule has 0 unspecified atom stereocenters. The molecule has 0 bridgehead atoms. The minimum atomic E-state index is -3.48. The predicted octanol–water partition coefficient (Wildman–Crippen LogP) is 3.95. The average molecular weight is 472 g/mol. The van der Waals surface area contributed by atoms with E-state index >= 15 is 0 Å². The number of hydrogen-bond donors (Lipinski definition) is 2. The molecule has 1 aliphatic carbocycles. The van der Waals surface area contributed by atoms with Gasteiger partial charge in [-0.15, -0.1) is 11.8 Å². The number of thioether (sulfide) groups is 1. The van der Waals surface area contributed by atoms with Gasteiger partial charge in [-0.3, -0.25) is 4.79 Å². The number of carbonyl (C=O) groups is 1. The second-order valence-corrected chi connectivity index (χ2v) is 10.5. The Bertz CT molecular complexity index is 1200. The van der Waals surface area contributed by atoms with Crippen molar-refractivity contribution in [1.29, 1.82) is 0 Å². The third-order valence-electron chi connectivity index (χ3n) is 5.27. The molecule has 0 aliphatic heterocycles. The zero-order valence-electron chi connectivity index (χ0n) is 17.9. The number of nitrogens with one attached hydrogen (secondary N) is 2. The maximum Gasteiger partial charge on any atom is 0.252 e. The first-order valence-corrected chi connectivity index (χ1v) is 12.8. The molecule has 2 N–H and O–H groups in total. The highest BCUT2D eigenvalue weighted by Gasteiger charge is 2.27. The van der Waals surface area contributed by atoms with Crippen molar-refractivity contribution in [2.24, 2.45) is 0 Å². The molecule has 0 saturated heterocycles. The Kier molecular flexibility index (Phi) is 6.68. The van der Waals surface area contributed by atoms with Gasteiger partial charge in [0.1, 0.15) is 5.76 Å². The van der Waals surface area contributed by atoms with Crippen LogP contribution in [0.4, 0.5) is 0 Å². The van der Waals surface area contributed by atoms with E-state index in [-0.39, 0.29) is 16.8 Å². The van der Waals surface area contributed by atoms with Crippen LogP contribution in [0, 0.1) is 13.8 Å². The number of aryl methyl sites for hydroxylation is 2. The van der Waals surface area contributed by atoms with Crippen LogP contribution in [0.1, 0.15) is 45.8 Å². The van der Waals surface area contributed by atoms with Gasteiger partial charge in [0.05, 0.1) is 16.2 Å². The first-order valence-electron chi connectivity index (χ1n) is 10.4. The highest BCUT2D eigenvalue weighted by molar-refractivity contribution is 7.98. The van der Waals surface area contributed by atoms with Gasteiger partial charge in [-0.1, -0.05) is 29.4 Å². The zero-order chi connectivity index (χ0) is 22.7. The van der Waals surface area contributed by atoms with Crippen molar-refractivity contribution in [3.05, 3.63) is 76.7 Å². The Hall–Kier alpha value is -2.62. The maximum absolute atomic E-state index is 12.8. The van der Waals surface area contributed by atoms with Crippen LogP contribution in [0.25, 0.3) is 0 Å². The molecule has 2 aromatic carbocycles. The van der Waals surface area contributed by atoms with Crippen LogP contribution >= 0.6 is 11.8 Å². The van der Waals surface area contributed by atoms with E-state index in [1.165, 1.54) is 0 Å². The third-order valence-corrected chi connectivity index (χ3v) is 7.91. The van der Waals surface area contributed by atoms with E-state index in [0.29, 0.717) is 17.9 Å². The first kappa shape index (κ1) is 22.6. The molecular weight excluding hydrogens is 446 g/mol. The van der Waals surface area contributed by atoms with Crippen molar-refractivity contribution in [1.82, 2.24) is 15.2 Å². The summed E-state index contributed by atoms with van der Waals surface area (Å²) in [6.45, 7) is 4.09. The van der Waals surface area contributed by atoms with Crippen LogP contribution in [0.3, 0.4) is 0 Å². The van der Waals surface area contributed by atoms with Crippen molar-refractivity contribution in [3.8, 4) is 0 Å². The molecule has 1 heterocycles. The molecule has 0 radical (unpaired) electrons. The van der Waals surface area contributed by atoms with E-state index in [1.54, 1.807) is 42.1 Å². The number of hydrogen-bond acceptors (Lipinski definition) is 6. The summed E-state index contributed by atoms with van der Waals surface area (Å²) < 4.78 is 32.4. The largest absolute Gasteiger partial charge is 0.361 e. The van der Waals surface area contributed by atoms with Crippen LogP contribution in [0.2, 0.25) is 0 Å². The Morgan fingerprint density at radius 3 is 2.50 bits per heavy atom. The van der Waals surface area contributed by atoms with Gasteiger partial charge in [0, 0.05) is 28.8 Å². The van der Waals surface area contributed by atoms with Gasteiger partial charge in [-0.2, -0.15) is 0 Å². The fraction of sp³-hybridized carbons (Fsp3) is 0.304. The summed E-state index contributed by atoms with van der Waals surface area (Å²) in [6.07, 6.45) is 1.78. The molecule has 1 saturated carbocycles. The van der Waals surface area contributed by atoms with E-state index < -0.39 is 10.0 Å². The van der Waals surface area contributed by atoms with E-state index in [9.17, 15) is 13.2 Å². The number of nitrogens with zero attached hydrogens (tertiary/aromatic N) is 1. The Balaban J connectivity index is 1.38. The summed E-state index contributed by atoms with van der Waals surface area (Å²) >= 11 is 1.56. The number of amides is 1. The van der Waals surface area contributed by atoms with E-state index in [1.807, 2.05) is 32.0 Å². The maximum atomic E-state index is 12.8. The van der Waals surface area contributed by atoms with E-state index in [2.05, 4.69) is 15.2 Å². The quantitative estimate of drug-likeness (QED) is 0.458. The molecule has 0 spiro atoms. The molecule has 1 fully saturated rings. The van der Waals surface area contributed by atoms with Crippen LogP contribution in [-0.4, -0.2) is 25.5 Å². The second kappa shape index (κ2) is 9.48. The molecular formula is C23H25N3O4S2. The molecule has 0 atom stereocenters. The normalized spacial score (nSPS) is 13.8. The molecule has 7 nitrogen and oxygen atoms in total. The van der Waals surface area contributed by atoms with Gasteiger partial charge in [0.15, 0.2) is 0 Å². The van der Waals surface area contributed by atoms with Crippen LogP contribution in [-0.2, 0) is 22.3 Å². The van der Waals surface area contributed by atoms with Crippen molar-refractivity contribution in [3.63, 3.8) is 0 Å². The summed E-state index contributed by atoms with van der Waals surface area (Å²) in [5, 5.41) is 6.90.